The van der Waals surface area contributed by atoms with Crippen LogP contribution in [0.3, 0.4) is 0 Å². The van der Waals surface area contributed by atoms with E-state index in [1.54, 1.807) is 12.3 Å². The Balaban J connectivity index is 1.27. The number of rotatable bonds is 6. The average Bonchev–Trinajstić information content (AvgIpc) is 3.42. The summed E-state index contributed by atoms with van der Waals surface area (Å²) in [5.41, 5.74) is 3.08. The van der Waals surface area contributed by atoms with Crippen LogP contribution in [0, 0.1) is 18.3 Å². The molecule has 3 aromatic rings. The predicted octanol–water partition coefficient (Wildman–Crippen LogP) is 3.81. The molecule has 3 heterocycles. The van der Waals surface area contributed by atoms with Gasteiger partial charge in [0, 0.05) is 55.9 Å². The van der Waals surface area contributed by atoms with E-state index in [1.165, 1.54) is 31.4 Å². The third-order valence-electron chi connectivity index (χ3n) is 6.98. The SMILES string of the molecule is C#Cc1cc(NC(=O)NCC2CCCC2)nc2nc(Nc3ccc(N4CCN(C)CC4)cc3)ncc12. The number of aromatic nitrogens is 3. The number of hydrogen-bond acceptors (Lipinski definition) is 7. The van der Waals surface area contributed by atoms with Crippen molar-refractivity contribution in [2.45, 2.75) is 25.7 Å². The molecule has 5 rings (SSSR count). The first kappa shape index (κ1) is 23.8. The number of carbonyl (C=O) groups excluding carboxylic acids is 1. The van der Waals surface area contributed by atoms with E-state index >= 15 is 0 Å². The number of nitrogens with zero attached hydrogens (tertiary/aromatic N) is 5. The highest BCUT2D eigenvalue weighted by Crippen LogP contribution is 2.25. The van der Waals surface area contributed by atoms with Gasteiger partial charge in [-0.3, -0.25) is 5.32 Å². The minimum atomic E-state index is -0.287. The highest BCUT2D eigenvalue weighted by Gasteiger charge is 2.17. The number of amides is 2. The lowest BCUT2D eigenvalue weighted by Gasteiger charge is -2.34. The minimum absolute atomic E-state index is 0.287. The number of carbonyl (C=O) groups is 1. The first-order valence-corrected chi connectivity index (χ1v) is 12.6. The molecule has 0 radical (unpaired) electrons. The number of likely N-dealkylation sites (N-methyl/N-ethyl adjacent to an activating group) is 1. The van der Waals surface area contributed by atoms with E-state index in [9.17, 15) is 4.79 Å². The topological polar surface area (TPSA) is 98.3 Å². The maximum Gasteiger partial charge on any atom is 0.320 e. The summed E-state index contributed by atoms with van der Waals surface area (Å²) in [6.45, 7) is 4.85. The molecule has 36 heavy (non-hydrogen) atoms. The van der Waals surface area contributed by atoms with E-state index in [4.69, 9.17) is 6.42 Å². The largest absolute Gasteiger partial charge is 0.369 e. The maximum atomic E-state index is 12.4. The summed E-state index contributed by atoms with van der Waals surface area (Å²) in [4.78, 5) is 30.6. The van der Waals surface area contributed by atoms with Crippen LogP contribution in [0.4, 0.5) is 27.9 Å². The van der Waals surface area contributed by atoms with Gasteiger partial charge in [0.25, 0.3) is 0 Å². The van der Waals surface area contributed by atoms with Crippen molar-refractivity contribution >= 4 is 40.2 Å². The summed E-state index contributed by atoms with van der Waals surface area (Å²) in [6, 6.07) is 9.64. The van der Waals surface area contributed by atoms with Crippen LogP contribution in [-0.4, -0.2) is 65.7 Å². The van der Waals surface area contributed by atoms with Crippen LogP contribution in [-0.2, 0) is 0 Å². The summed E-state index contributed by atoms with van der Waals surface area (Å²) in [7, 11) is 2.15. The highest BCUT2D eigenvalue weighted by molar-refractivity contribution is 5.91. The third kappa shape index (κ3) is 5.66. The van der Waals surface area contributed by atoms with Gasteiger partial charge in [0.2, 0.25) is 5.95 Å². The van der Waals surface area contributed by atoms with E-state index < -0.39 is 0 Å². The summed E-state index contributed by atoms with van der Waals surface area (Å²) >= 11 is 0. The van der Waals surface area contributed by atoms with E-state index in [1.807, 2.05) is 12.1 Å². The standard InChI is InChI=1S/C27H32N8O/c1-3-20-16-24(32-27(36)29-17-19-6-4-5-7-19)31-25-23(20)18-28-26(33-25)30-21-8-10-22(11-9-21)35-14-12-34(2)13-15-35/h1,8-11,16,18-19H,4-7,12-15,17H2,2H3,(H3,28,29,30,31,32,33,36). The normalized spacial score (nSPS) is 16.6. The van der Waals surface area contributed by atoms with E-state index in [2.05, 4.69) is 65.8 Å². The van der Waals surface area contributed by atoms with Gasteiger partial charge in [-0.05, 0) is 56.1 Å². The molecule has 3 N–H and O–H groups in total. The Morgan fingerprint density at radius 1 is 1.11 bits per heavy atom. The summed E-state index contributed by atoms with van der Waals surface area (Å²) < 4.78 is 0. The van der Waals surface area contributed by atoms with Crippen molar-refractivity contribution in [3.05, 3.63) is 42.1 Å². The Morgan fingerprint density at radius 3 is 2.58 bits per heavy atom. The van der Waals surface area contributed by atoms with Gasteiger partial charge in [0.05, 0.1) is 5.39 Å². The number of anilines is 4. The molecule has 0 spiro atoms. The monoisotopic (exact) mass is 484 g/mol. The number of pyridine rings is 1. The number of benzene rings is 1. The molecular formula is C27H32N8O. The van der Waals surface area contributed by atoms with Crippen LogP contribution < -0.4 is 20.9 Å². The van der Waals surface area contributed by atoms with Crippen molar-refractivity contribution in [2.75, 3.05) is 55.3 Å². The zero-order valence-electron chi connectivity index (χ0n) is 20.6. The fraction of sp³-hybridized carbons (Fsp3) is 0.407. The second-order valence-electron chi connectivity index (χ2n) is 9.58. The number of hydrogen-bond donors (Lipinski definition) is 3. The Hall–Kier alpha value is -3.90. The van der Waals surface area contributed by atoms with Crippen molar-refractivity contribution < 1.29 is 4.79 Å². The number of terminal acetylenes is 1. The lowest BCUT2D eigenvalue weighted by atomic mass is 10.1. The van der Waals surface area contributed by atoms with Crippen LogP contribution in [0.1, 0.15) is 31.2 Å². The average molecular weight is 485 g/mol. The lowest BCUT2D eigenvalue weighted by Crippen LogP contribution is -2.44. The molecule has 2 aliphatic rings. The molecule has 1 aliphatic carbocycles. The number of nitrogens with one attached hydrogen (secondary N) is 3. The number of piperazine rings is 1. The van der Waals surface area contributed by atoms with Gasteiger partial charge in [-0.2, -0.15) is 4.98 Å². The van der Waals surface area contributed by atoms with Gasteiger partial charge in [-0.1, -0.05) is 18.8 Å². The molecule has 2 aromatic heterocycles. The van der Waals surface area contributed by atoms with Crippen molar-refractivity contribution in [1.29, 1.82) is 0 Å². The van der Waals surface area contributed by atoms with Crippen LogP contribution in [0.25, 0.3) is 11.0 Å². The summed E-state index contributed by atoms with van der Waals surface area (Å²) in [6.07, 6.45) is 12.2. The first-order chi connectivity index (χ1) is 17.6. The zero-order chi connectivity index (χ0) is 24.9. The molecule has 186 valence electrons. The van der Waals surface area contributed by atoms with Gasteiger partial charge < -0.3 is 20.4 Å². The lowest BCUT2D eigenvalue weighted by molar-refractivity contribution is 0.250. The molecule has 1 aromatic carbocycles. The van der Waals surface area contributed by atoms with Gasteiger partial charge in [0.1, 0.15) is 5.82 Å². The quantitative estimate of drug-likeness (QED) is 0.458. The van der Waals surface area contributed by atoms with Crippen LogP contribution in [0.2, 0.25) is 0 Å². The predicted molar refractivity (Wildman–Crippen MR) is 144 cm³/mol. The zero-order valence-corrected chi connectivity index (χ0v) is 20.6. The van der Waals surface area contributed by atoms with E-state index in [0.717, 1.165) is 31.9 Å². The molecule has 0 bridgehead atoms. The second kappa shape index (κ2) is 10.8. The molecule has 1 saturated carbocycles. The molecule has 2 amide bonds. The number of urea groups is 1. The Labute approximate surface area is 211 Å². The van der Waals surface area contributed by atoms with E-state index in [0.29, 0.717) is 40.8 Å². The van der Waals surface area contributed by atoms with Crippen LogP contribution in [0.5, 0.6) is 0 Å². The Bertz CT molecular complexity index is 1260. The first-order valence-electron chi connectivity index (χ1n) is 12.6. The summed E-state index contributed by atoms with van der Waals surface area (Å²) in [5.74, 6) is 3.98. The van der Waals surface area contributed by atoms with Crippen LogP contribution in [0.15, 0.2) is 36.5 Å². The van der Waals surface area contributed by atoms with Crippen molar-refractivity contribution in [3.63, 3.8) is 0 Å². The molecule has 0 unspecified atom stereocenters. The smallest absolute Gasteiger partial charge is 0.320 e. The number of fused-ring (bicyclic) bond motifs is 1. The van der Waals surface area contributed by atoms with Crippen molar-refractivity contribution in [3.8, 4) is 12.3 Å². The molecule has 1 saturated heterocycles. The van der Waals surface area contributed by atoms with Gasteiger partial charge in [-0.25, -0.2) is 14.8 Å². The maximum absolute atomic E-state index is 12.4. The van der Waals surface area contributed by atoms with Gasteiger partial charge >= 0.3 is 6.03 Å². The minimum Gasteiger partial charge on any atom is -0.369 e. The fourth-order valence-electron chi connectivity index (χ4n) is 4.81. The van der Waals surface area contributed by atoms with Crippen molar-refractivity contribution in [2.24, 2.45) is 5.92 Å². The van der Waals surface area contributed by atoms with Gasteiger partial charge in [-0.15, -0.1) is 6.42 Å². The van der Waals surface area contributed by atoms with E-state index in [-0.39, 0.29) is 6.03 Å². The molecule has 0 atom stereocenters. The van der Waals surface area contributed by atoms with Crippen LogP contribution >= 0.6 is 0 Å². The Morgan fingerprint density at radius 2 is 1.86 bits per heavy atom. The van der Waals surface area contributed by atoms with Gasteiger partial charge in [0.15, 0.2) is 5.65 Å². The second-order valence-corrected chi connectivity index (χ2v) is 9.58. The fourth-order valence-corrected chi connectivity index (χ4v) is 4.81. The highest BCUT2D eigenvalue weighted by atomic mass is 16.2. The molecule has 9 nitrogen and oxygen atoms in total. The Kier molecular flexibility index (Phi) is 7.14. The van der Waals surface area contributed by atoms with Crippen molar-refractivity contribution in [1.82, 2.24) is 25.2 Å². The molecular weight excluding hydrogens is 452 g/mol. The molecule has 1 aliphatic heterocycles. The molecule has 2 fully saturated rings. The molecule has 9 heteroatoms. The summed E-state index contributed by atoms with van der Waals surface area (Å²) in [5, 5.41) is 9.64. The third-order valence-corrected chi connectivity index (χ3v) is 6.98.